The smallest absolute Gasteiger partial charge is 0.337 e. The summed E-state index contributed by atoms with van der Waals surface area (Å²) in [6, 6.07) is 2.19. The van der Waals surface area contributed by atoms with Crippen molar-refractivity contribution in [3.63, 3.8) is 0 Å². The molecule has 0 bridgehead atoms. The van der Waals surface area contributed by atoms with Crippen LogP contribution in [-0.2, 0) is 8.85 Å². The van der Waals surface area contributed by atoms with Gasteiger partial charge in [-0.05, 0) is 49.6 Å². The fourth-order valence-corrected chi connectivity index (χ4v) is 6.89. The summed E-state index contributed by atoms with van der Waals surface area (Å²) in [4.78, 5) is 0. The predicted octanol–water partition coefficient (Wildman–Crippen LogP) is 5.66. The first-order valence-corrected chi connectivity index (χ1v) is 11.7. The first-order chi connectivity index (χ1) is 10.2. The lowest BCUT2D eigenvalue weighted by Gasteiger charge is -2.42. The van der Waals surface area contributed by atoms with Gasteiger partial charge in [0.25, 0.3) is 0 Å². The van der Waals surface area contributed by atoms with Crippen molar-refractivity contribution in [3.05, 3.63) is 0 Å². The molecule has 2 rings (SSSR count). The van der Waals surface area contributed by atoms with Crippen LogP contribution in [0.5, 0.6) is 0 Å². The van der Waals surface area contributed by atoms with Gasteiger partial charge in [-0.25, -0.2) is 0 Å². The van der Waals surface area contributed by atoms with E-state index < -0.39 is 8.56 Å². The van der Waals surface area contributed by atoms with Crippen LogP contribution < -0.4 is 0 Å². The van der Waals surface area contributed by atoms with Crippen molar-refractivity contribution < 1.29 is 8.85 Å². The van der Waals surface area contributed by atoms with Crippen molar-refractivity contribution in [1.82, 2.24) is 0 Å². The summed E-state index contributed by atoms with van der Waals surface area (Å²) in [7, 11) is -0.0615. The monoisotopic (exact) mass is 312 g/mol. The molecule has 0 aliphatic heterocycles. The Labute approximate surface area is 133 Å². The van der Waals surface area contributed by atoms with Crippen molar-refractivity contribution in [2.24, 2.45) is 11.8 Å². The van der Waals surface area contributed by atoms with Crippen LogP contribution in [0, 0.1) is 11.8 Å². The van der Waals surface area contributed by atoms with Crippen LogP contribution in [0.4, 0.5) is 0 Å². The van der Waals surface area contributed by atoms with Gasteiger partial charge in [0.05, 0.1) is 6.10 Å². The van der Waals surface area contributed by atoms with Gasteiger partial charge in [0, 0.05) is 7.11 Å². The summed E-state index contributed by atoms with van der Waals surface area (Å²) in [5.74, 6) is 1.61. The summed E-state index contributed by atoms with van der Waals surface area (Å²) in [5, 5.41) is 0. The Morgan fingerprint density at radius 3 is 1.57 bits per heavy atom. The van der Waals surface area contributed by atoms with Gasteiger partial charge in [0.15, 0.2) is 0 Å². The number of hydrogen-bond acceptors (Lipinski definition) is 2. The molecule has 0 heterocycles. The van der Waals surface area contributed by atoms with E-state index >= 15 is 0 Å². The van der Waals surface area contributed by atoms with Crippen molar-refractivity contribution >= 4 is 8.56 Å². The lowest BCUT2D eigenvalue weighted by atomic mass is 9.75. The van der Waals surface area contributed by atoms with E-state index in [2.05, 4.69) is 13.8 Å². The number of rotatable bonds is 7. The zero-order valence-electron chi connectivity index (χ0n) is 14.5. The highest BCUT2D eigenvalue weighted by Crippen LogP contribution is 2.39. The Bertz CT molecular complexity index is 253. The van der Waals surface area contributed by atoms with Gasteiger partial charge in [-0.2, -0.15) is 0 Å². The van der Waals surface area contributed by atoms with E-state index in [1.807, 2.05) is 7.11 Å². The maximum Gasteiger partial charge on any atom is 0.337 e. The minimum Gasteiger partial charge on any atom is -0.398 e. The first kappa shape index (κ1) is 17.5. The van der Waals surface area contributed by atoms with Crippen LogP contribution in [0.3, 0.4) is 0 Å². The van der Waals surface area contributed by atoms with E-state index in [4.69, 9.17) is 8.85 Å². The minimum atomic E-state index is -1.95. The Morgan fingerprint density at radius 2 is 1.24 bits per heavy atom. The third-order valence-corrected chi connectivity index (χ3v) is 9.63. The first-order valence-electron chi connectivity index (χ1n) is 9.47. The molecule has 0 unspecified atom stereocenters. The molecule has 2 aliphatic rings. The van der Waals surface area contributed by atoms with Crippen LogP contribution in [0.15, 0.2) is 0 Å². The molecule has 2 aliphatic carbocycles. The predicted molar refractivity (Wildman–Crippen MR) is 91.7 cm³/mol. The molecular weight excluding hydrogens is 276 g/mol. The van der Waals surface area contributed by atoms with Gasteiger partial charge in [-0.1, -0.05) is 52.4 Å². The normalized spacial score (nSPS) is 22.9. The lowest BCUT2D eigenvalue weighted by Crippen LogP contribution is -2.48. The second-order valence-electron chi connectivity index (χ2n) is 7.20. The summed E-state index contributed by atoms with van der Waals surface area (Å²) in [5.41, 5.74) is 0. The molecule has 0 N–H and O–H groups in total. The summed E-state index contributed by atoms with van der Waals surface area (Å²) in [6.45, 7) is 4.52. The fraction of sp³-hybridized carbons (Fsp3) is 1.00. The molecule has 2 nitrogen and oxygen atoms in total. The molecule has 0 aromatic carbocycles. The highest BCUT2D eigenvalue weighted by molar-refractivity contribution is 6.67. The van der Waals surface area contributed by atoms with Crippen molar-refractivity contribution in [1.29, 1.82) is 0 Å². The highest BCUT2D eigenvalue weighted by atomic mass is 28.4. The quantitative estimate of drug-likeness (QED) is 0.565. The van der Waals surface area contributed by atoms with Crippen molar-refractivity contribution in [2.75, 3.05) is 7.11 Å². The molecule has 2 fully saturated rings. The van der Waals surface area contributed by atoms with Gasteiger partial charge >= 0.3 is 8.56 Å². The maximum atomic E-state index is 6.88. The Kier molecular flexibility index (Phi) is 7.23. The van der Waals surface area contributed by atoms with Gasteiger partial charge in [0.1, 0.15) is 0 Å². The van der Waals surface area contributed by atoms with E-state index in [9.17, 15) is 0 Å². The molecule has 0 radical (unpaired) electrons. The van der Waals surface area contributed by atoms with E-state index in [0.29, 0.717) is 6.10 Å². The summed E-state index contributed by atoms with van der Waals surface area (Å²) >= 11 is 0. The van der Waals surface area contributed by atoms with Crippen LogP contribution in [-0.4, -0.2) is 21.8 Å². The Hall–Kier alpha value is 0.137. The van der Waals surface area contributed by atoms with Crippen LogP contribution in [0.25, 0.3) is 0 Å². The second kappa shape index (κ2) is 8.69. The summed E-state index contributed by atoms with van der Waals surface area (Å²) in [6.07, 6.45) is 14.6. The molecule has 0 spiro atoms. The average molecular weight is 313 g/mol. The third-order valence-electron chi connectivity index (χ3n) is 6.03. The van der Waals surface area contributed by atoms with E-state index in [1.54, 1.807) is 0 Å². The Balaban J connectivity index is 2.09. The summed E-state index contributed by atoms with van der Waals surface area (Å²) < 4.78 is 12.8. The Morgan fingerprint density at radius 1 is 0.810 bits per heavy atom. The molecule has 0 aromatic rings. The van der Waals surface area contributed by atoms with E-state index in [1.165, 1.54) is 64.2 Å². The molecule has 0 atom stereocenters. The topological polar surface area (TPSA) is 18.5 Å². The zero-order valence-corrected chi connectivity index (χ0v) is 15.5. The zero-order chi connectivity index (χ0) is 15.1. The minimum absolute atomic E-state index is 0.497. The van der Waals surface area contributed by atoms with Gasteiger partial charge in [-0.3, -0.25) is 0 Å². The molecule has 0 saturated heterocycles. The molecule has 2 saturated carbocycles. The second-order valence-corrected chi connectivity index (χ2v) is 11.1. The molecule has 21 heavy (non-hydrogen) atoms. The molecular formula is C18H36O2Si. The maximum absolute atomic E-state index is 6.88. The van der Waals surface area contributed by atoms with Crippen LogP contribution >= 0.6 is 0 Å². The largest absolute Gasteiger partial charge is 0.398 e. The van der Waals surface area contributed by atoms with Gasteiger partial charge in [-0.15, -0.1) is 0 Å². The fourth-order valence-electron chi connectivity index (χ4n) is 4.50. The SMILES string of the molecule is CC[Si](CC)(OC)OC(C1CCCCC1)C1CCCCC1. The number of hydrogen-bond donors (Lipinski definition) is 0. The molecule has 0 amide bonds. The lowest BCUT2D eigenvalue weighted by molar-refractivity contribution is 0.00928. The highest BCUT2D eigenvalue weighted by Gasteiger charge is 2.41. The molecule has 0 aromatic heterocycles. The van der Waals surface area contributed by atoms with Gasteiger partial charge < -0.3 is 8.85 Å². The van der Waals surface area contributed by atoms with E-state index in [0.717, 1.165) is 23.9 Å². The average Bonchev–Trinajstić information content (AvgIpc) is 2.58. The molecule has 3 heteroatoms. The van der Waals surface area contributed by atoms with Crippen LogP contribution in [0.1, 0.15) is 78.1 Å². The third kappa shape index (κ3) is 4.55. The van der Waals surface area contributed by atoms with Crippen molar-refractivity contribution in [3.8, 4) is 0 Å². The van der Waals surface area contributed by atoms with Crippen molar-refractivity contribution in [2.45, 2.75) is 96.2 Å². The van der Waals surface area contributed by atoms with Gasteiger partial charge in [0.2, 0.25) is 0 Å². The molecule has 124 valence electrons. The standard InChI is InChI=1S/C18H36O2Si/c1-4-21(5-2,19-3)20-18(16-12-8-6-9-13-16)17-14-10-7-11-15-17/h16-18H,4-15H2,1-3H3. The van der Waals surface area contributed by atoms with Crippen LogP contribution in [0.2, 0.25) is 12.1 Å². The van der Waals surface area contributed by atoms with E-state index in [-0.39, 0.29) is 0 Å².